The van der Waals surface area contributed by atoms with Crippen molar-refractivity contribution in [1.82, 2.24) is 0 Å². The van der Waals surface area contributed by atoms with Crippen molar-refractivity contribution in [3.05, 3.63) is 34.3 Å². The van der Waals surface area contributed by atoms with E-state index in [4.69, 9.17) is 17.3 Å². The minimum atomic E-state index is -4.83. The van der Waals surface area contributed by atoms with Crippen LogP contribution in [0.5, 0.6) is 0 Å². The lowest BCUT2D eigenvalue weighted by molar-refractivity contribution is -0.174. The summed E-state index contributed by atoms with van der Waals surface area (Å²) in [7, 11) is 0. The predicted octanol–water partition coefficient (Wildman–Crippen LogP) is 3.56. The number of carbonyl (C=O) groups is 1. The van der Waals surface area contributed by atoms with E-state index in [1.165, 1.54) is 6.92 Å². The molecule has 0 spiro atoms. The number of alkyl halides is 5. The van der Waals surface area contributed by atoms with Crippen LogP contribution >= 0.6 is 11.6 Å². The molecule has 1 atom stereocenters. The Bertz CT molecular complexity index is 533. The van der Waals surface area contributed by atoms with Gasteiger partial charge in [0.25, 0.3) is 0 Å². The highest BCUT2D eigenvalue weighted by atomic mass is 35.5. The number of carbonyl (C=O) groups excluding carboxylic acids is 1. The summed E-state index contributed by atoms with van der Waals surface area (Å²) < 4.78 is 69.6. The third kappa shape index (κ3) is 3.62. The average molecular weight is 332 g/mol. The minimum Gasteiger partial charge on any atom is -0.462 e. The Morgan fingerprint density at radius 3 is 2.38 bits per heavy atom. The molecule has 0 aliphatic carbocycles. The number of nitrogens with two attached hydrogens (primary N) is 1. The summed E-state index contributed by atoms with van der Waals surface area (Å²) in [4.78, 5) is 11.2. The van der Waals surface area contributed by atoms with E-state index in [1.807, 2.05) is 0 Å². The van der Waals surface area contributed by atoms with Crippen LogP contribution in [0, 0.1) is 0 Å². The van der Waals surface area contributed by atoms with Gasteiger partial charge in [-0.2, -0.15) is 22.0 Å². The number of ether oxygens (including phenoxy) is 1. The van der Waals surface area contributed by atoms with Crippen LogP contribution in [-0.4, -0.2) is 18.5 Å². The summed E-state index contributed by atoms with van der Waals surface area (Å²) in [5.41, 5.74) is 3.22. The average Bonchev–Trinajstić information content (AvgIpc) is 2.37. The van der Waals surface area contributed by atoms with Crippen molar-refractivity contribution in [2.45, 2.75) is 25.1 Å². The number of rotatable bonds is 4. The van der Waals surface area contributed by atoms with Crippen LogP contribution in [0.25, 0.3) is 0 Å². The lowest BCUT2D eigenvalue weighted by Gasteiger charge is -2.23. The van der Waals surface area contributed by atoms with E-state index in [-0.39, 0.29) is 6.61 Å². The summed E-state index contributed by atoms with van der Waals surface area (Å²) in [6, 6.07) is 0.0491. The Morgan fingerprint density at radius 1 is 1.33 bits per heavy atom. The van der Waals surface area contributed by atoms with E-state index >= 15 is 0 Å². The van der Waals surface area contributed by atoms with Gasteiger partial charge in [0.15, 0.2) is 0 Å². The maximum absolute atomic E-state index is 13.8. The van der Waals surface area contributed by atoms with E-state index in [0.29, 0.717) is 6.07 Å². The monoisotopic (exact) mass is 331 g/mol. The topological polar surface area (TPSA) is 52.3 Å². The first kappa shape index (κ1) is 17.6. The maximum Gasteiger partial charge on any atom is 0.417 e. The van der Waals surface area contributed by atoms with Crippen molar-refractivity contribution in [3.8, 4) is 0 Å². The molecule has 0 aromatic heterocycles. The van der Waals surface area contributed by atoms with Gasteiger partial charge in [-0.1, -0.05) is 23.7 Å². The van der Waals surface area contributed by atoms with Crippen LogP contribution in [-0.2, 0) is 15.7 Å². The standard InChI is InChI=1S/C12H11ClF5NO2/c1-2-21-10(20)11(14,15)9(19)6-4-3-5-7(8(6)13)12(16,17)18/h3-5,9H,2,19H2,1H3/t9-/m0/s1. The first-order chi connectivity index (χ1) is 9.53. The second-order valence-corrected chi connectivity index (χ2v) is 4.41. The third-order valence-electron chi connectivity index (χ3n) is 2.61. The molecular weight excluding hydrogens is 321 g/mol. The van der Waals surface area contributed by atoms with E-state index in [1.54, 1.807) is 0 Å². The van der Waals surface area contributed by atoms with Crippen LogP contribution in [0.4, 0.5) is 22.0 Å². The van der Waals surface area contributed by atoms with Gasteiger partial charge in [0.05, 0.1) is 17.2 Å². The fraction of sp³-hybridized carbons (Fsp3) is 0.417. The molecule has 0 amide bonds. The van der Waals surface area contributed by atoms with Gasteiger partial charge < -0.3 is 10.5 Å². The molecule has 0 fully saturated rings. The summed E-state index contributed by atoms with van der Waals surface area (Å²) in [5.74, 6) is -6.13. The lowest BCUT2D eigenvalue weighted by Crippen LogP contribution is -2.42. The number of hydrogen-bond acceptors (Lipinski definition) is 3. The molecular formula is C12H11ClF5NO2. The van der Waals surface area contributed by atoms with E-state index in [2.05, 4.69) is 4.74 Å². The van der Waals surface area contributed by atoms with Crippen molar-refractivity contribution < 1.29 is 31.5 Å². The molecule has 1 aromatic rings. The summed E-state index contributed by atoms with van der Waals surface area (Å²) >= 11 is 5.49. The molecule has 0 aliphatic heterocycles. The quantitative estimate of drug-likeness (QED) is 0.678. The molecule has 0 bridgehead atoms. The highest BCUT2D eigenvalue weighted by Crippen LogP contribution is 2.40. The minimum absolute atomic E-state index is 0.322. The molecule has 0 saturated heterocycles. The van der Waals surface area contributed by atoms with Crippen molar-refractivity contribution in [2.75, 3.05) is 6.61 Å². The van der Waals surface area contributed by atoms with Gasteiger partial charge in [-0.3, -0.25) is 0 Å². The first-order valence-electron chi connectivity index (χ1n) is 5.69. The van der Waals surface area contributed by atoms with E-state index < -0.39 is 40.3 Å². The third-order valence-corrected chi connectivity index (χ3v) is 3.03. The highest BCUT2D eigenvalue weighted by Gasteiger charge is 2.49. The Morgan fingerprint density at radius 2 is 1.90 bits per heavy atom. The van der Waals surface area contributed by atoms with Gasteiger partial charge in [-0.15, -0.1) is 0 Å². The fourth-order valence-corrected chi connectivity index (χ4v) is 1.91. The van der Waals surface area contributed by atoms with Crippen LogP contribution in [0.3, 0.4) is 0 Å². The highest BCUT2D eigenvalue weighted by molar-refractivity contribution is 6.32. The van der Waals surface area contributed by atoms with Crippen LogP contribution in [0.2, 0.25) is 5.02 Å². The molecule has 2 N–H and O–H groups in total. The van der Waals surface area contributed by atoms with Gasteiger partial charge in [0.2, 0.25) is 0 Å². The first-order valence-corrected chi connectivity index (χ1v) is 6.07. The molecule has 1 aromatic carbocycles. The molecule has 3 nitrogen and oxygen atoms in total. The SMILES string of the molecule is CCOC(=O)C(F)(F)[C@@H](N)c1cccc(C(F)(F)F)c1Cl. The molecule has 118 valence electrons. The Labute approximate surface area is 121 Å². The van der Waals surface area contributed by atoms with Crippen LogP contribution in [0.1, 0.15) is 24.1 Å². The Hall–Kier alpha value is -1.41. The van der Waals surface area contributed by atoms with Gasteiger partial charge in [-0.05, 0) is 18.6 Å². The van der Waals surface area contributed by atoms with Gasteiger partial charge in [0.1, 0.15) is 6.04 Å². The zero-order chi connectivity index (χ0) is 16.4. The van der Waals surface area contributed by atoms with E-state index in [0.717, 1.165) is 12.1 Å². The summed E-state index contributed by atoms with van der Waals surface area (Å²) in [5, 5.41) is -0.971. The lowest BCUT2D eigenvalue weighted by atomic mass is 9.99. The second kappa shape index (κ2) is 6.15. The summed E-state index contributed by atoms with van der Waals surface area (Å²) in [6.07, 6.45) is -4.83. The molecule has 1 rings (SSSR count). The predicted molar refractivity (Wildman–Crippen MR) is 65.0 cm³/mol. The van der Waals surface area contributed by atoms with Crippen LogP contribution in [0.15, 0.2) is 18.2 Å². The molecule has 0 radical (unpaired) electrons. The smallest absolute Gasteiger partial charge is 0.417 e. The van der Waals surface area contributed by atoms with Crippen molar-refractivity contribution in [2.24, 2.45) is 5.73 Å². The molecule has 0 heterocycles. The van der Waals surface area contributed by atoms with Gasteiger partial charge in [-0.25, -0.2) is 4.79 Å². The largest absolute Gasteiger partial charge is 0.462 e. The zero-order valence-corrected chi connectivity index (χ0v) is 11.4. The number of benzene rings is 1. The maximum atomic E-state index is 13.8. The molecule has 0 saturated carbocycles. The molecule has 9 heteroatoms. The summed E-state index contributed by atoms with van der Waals surface area (Å²) in [6.45, 7) is 0.980. The number of halogens is 6. The Kier molecular flexibility index (Phi) is 5.16. The molecule has 0 aliphatic rings. The van der Waals surface area contributed by atoms with Crippen molar-refractivity contribution >= 4 is 17.6 Å². The van der Waals surface area contributed by atoms with Crippen molar-refractivity contribution in [1.29, 1.82) is 0 Å². The number of esters is 1. The normalized spacial score (nSPS) is 13.9. The number of hydrogen-bond donors (Lipinski definition) is 1. The van der Waals surface area contributed by atoms with E-state index in [9.17, 15) is 26.7 Å². The van der Waals surface area contributed by atoms with Gasteiger partial charge >= 0.3 is 18.1 Å². The molecule has 21 heavy (non-hydrogen) atoms. The van der Waals surface area contributed by atoms with Crippen molar-refractivity contribution in [3.63, 3.8) is 0 Å². The second-order valence-electron chi connectivity index (χ2n) is 4.03. The fourth-order valence-electron chi connectivity index (χ4n) is 1.56. The Balaban J connectivity index is 3.25. The molecule has 0 unspecified atom stereocenters. The van der Waals surface area contributed by atoms with Crippen LogP contribution < -0.4 is 5.73 Å². The zero-order valence-electron chi connectivity index (χ0n) is 10.7. The van der Waals surface area contributed by atoms with Gasteiger partial charge in [0, 0.05) is 0 Å².